The monoisotopic (exact) mass is 338 g/mol. The predicted molar refractivity (Wildman–Crippen MR) is 87.4 cm³/mol. The number of nitrogens with zero attached hydrogens (tertiary/aromatic N) is 1. The summed E-state index contributed by atoms with van der Waals surface area (Å²) < 4.78 is 0. The summed E-state index contributed by atoms with van der Waals surface area (Å²) in [5, 5.41) is 14.6. The van der Waals surface area contributed by atoms with Crippen molar-refractivity contribution in [1.29, 1.82) is 0 Å². The second-order valence-electron chi connectivity index (χ2n) is 5.04. The maximum atomic E-state index is 12.1. The third kappa shape index (κ3) is 4.64. The number of amides is 1. The summed E-state index contributed by atoms with van der Waals surface area (Å²) in [5.41, 5.74) is 0.983. The van der Waals surface area contributed by atoms with Crippen molar-refractivity contribution >= 4 is 34.6 Å². The van der Waals surface area contributed by atoms with E-state index in [1.165, 1.54) is 11.3 Å². The maximum absolute atomic E-state index is 12.1. The van der Waals surface area contributed by atoms with E-state index in [1.54, 1.807) is 11.3 Å². The van der Waals surface area contributed by atoms with E-state index < -0.39 is 5.97 Å². The van der Waals surface area contributed by atoms with E-state index in [9.17, 15) is 9.59 Å². The van der Waals surface area contributed by atoms with Crippen LogP contribution < -0.4 is 5.32 Å². The van der Waals surface area contributed by atoms with Crippen molar-refractivity contribution in [3.05, 3.63) is 38.0 Å². The van der Waals surface area contributed by atoms with E-state index in [-0.39, 0.29) is 24.7 Å². The van der Waals surface area contributed by atoms with Gasteiger partial charge in [0, 0.05) is 22.1 Å². The lowest BCUT2D eigenvalue weighted by molar-refractivity contribution is -0.137. The highest BCUT2D eigenvalue weighted by atomic mass is 32.1. The quantitative estimate of drug-likeness (QED) is 0.813. The smallest absolute Gasteiger partial charge is 0.304 e. The van der Waals surface area contributed by atoms with Crippen LogP contribution in [-0.2, 0) is 16.1 Å². The number of nitrogens with one attached hydrogen (secondary N) is 1. The number of thiophene rings is 1. The van der Waals surface area contributed by atoms with Crippen molar-refractivity contribution in [1.82, 2.24) is 10.3 Å². The summed E-state index contributed by atoms with van der Waals surface area (Å²) in [6, 6.07) is 3.74. The molecule has 2 aromatic heterocycles. The van der Waals surface area contributed by atoms with Crippen molar-refractivity contribution in [3.8, 4) is 0 Å². The summed E-state index contributed by atoms with van der Waals surface area (Å²) in [5.74, 6) is -1.32. The third-order valence-electron chi connectivity index (χ3n) is 3.31. The fourth-order valence-corrected chi connectivity index (χ4v) is 3.80. The standard InChI is InChI=1S/C15H18N2O3S2/c1-9-10(2)22-14(17-9)8-16-13(18)6-11(7-15(19)20)12-4-3-5-21-12/h3-5,11H,6-8H2,1-2H3,(H,16,18)(H,19,20). The first-order valence-electron chi connectivity index (χ1n) is 6.90. The summed E-state index contributed by atoms with van der Waals surface area (Å²) >= 11 is 3.05. The van der Waals surface area contributed by atoms with Gasteiger partial charge in [-0.3, -0.25) is 9.59 Å². The van der Waals surface area contributed by atoms with Gasteiger partial charge in [-0.15, -0.1) is 22.7 Å². The molecule has 2 rings (SSSR count). The van der Waals surface area contributed by atoms with Crippen molar-refractivity contribution < 1.29 is 14.7 Å². The number of carboxylic acids is 1. The number of carboxylic acid groups (broad SMARTS) is 1. The molecule has 22 heavy (non-hydrogen) atoms. The van der Waals surface area contributed by atoms with Gasteiger partial charge in [0.15, 0.2) is 0 Å². The zero-order valence-electron chi connectivity index (χ0n) is 12.5. The lowest BCUT2D eigenvalue weighted by atomic mass is 9.99. The molecule has 118 valence electrons. The number of thiazole rings is 1. The van der Waals surface area contributed by atoms with E-state index in [1.807, 2.05) is 31.4 Å². The van der Waals surface area contributed by atoms with Crippen LogP contribution in [0.15, 0.2) is 17.5 Å². The lowest BCUT2D eigenvalue weighted by Gasteiger charge is -2.12. The molecule has 0 aliphatic carbocycles. The molecular formula is C15H18N2O3S2. The Balaban J connectivity index is 1.92. The fraction of sp³-hybridized carbons (Fsp3) is 0.400. The van der Waals surface area contributed by atoms with Gasteiger partial charge in [-0.1, -0.05) is 6.07 Å². The molecule has 1 atom stereocenters. The molecule has 0 spiro atoms. The Kier molecular flexibility index (Phi) is 5.68. The molecule has 0 saturated heterocycles. The number of carbonyl (C=O) groups is 2. The molecule has 0 fully saturated rings. The predicted octanol–water partition coefficient (Wildman–Crippen LogP) is 3.09. The van der Waals surface area contributed by atoms with Crippen LogP contribution in [0.25, 0.3) is 0 Å². The molecule has 0 aromatic carbocycles. The van der Waals surface area contributed by atoms with Gasteiger partial charge in [-0.05, 0) is 25.3 Å². The SMILES string of the molecule is Cc1nc(CNC(=O)CC(CC(=O)O)c2cccs2)sc1C. The van der Waals surface area contributed by atoms with Gasteiger partial charge in [0.25, 0.3) is 0 Å². The molecule has 2 aromatic rings. The van der Waals surface area contributed by atoms with E-state index in [0.29, 0.717) is 6.54 Å². The van der Waals surface area contributed by atoms with Gasteiger partial charge in [0.1, 0.15) is 5.01 Å². The minimum atomic E-state index is -0.891. The second kappa shape index (κ2) is 7.51. The fourth-order valence-electron chi connectivity index (χ4n) is 2.09. The van der Waals surface area contributed by atoms with Crippen molar-refractivity contribution in [3.63, 3.8) is 0 Å². The second-order valence-corrected chi connectivity index (χ2v) is 7.31. The van der Waals surface area contributed by atoms with Crippen LogP contribution in [0.1, 0.15) is 39.2 Å². The molecular weight excluding hydrogens is 320 g/mol. The van der Waals surface area contributed by atoms with Gasteiger partial charge in [0.2, 0.25) is 5.91 Å². The van der Waals surface area contributed by atoms with Gasteiger partial charge in [-0.2, -0.15) is 0 Å². The van der Waals surface area contributed by atoms with Gasteiger partial charge in [-0.25, -0.2) is 4.98 Å². The lowest BCUT2D eigenvalue weighted by Crippen LogP contribution is -2.25. The Morgan fingerprint density at radius 1 is 1.36 bits per heavy atom. The average molecular weight is 338 g/mol. The Morgan fingerprint density at radius 3 is 2.68 bits per heavy atom. The van der Waals surface area contributed by atoms with Gasteiger partial charge in [0.05, 0.1) is 18.7 Å². The highest BCUT2D eigenvalue weighted by Gasteiger charge is 2.20. The van der Waals surface area contributed by atoms with E-state index >= 15 is 0 Å². The van der Waals surface area contributed by atoms with Crippen molar-refractivity contribution in [2.75, 3.05) is 0 Å². The number of carbonyl (C=O) groups excluding carboxylic acids is 1. The summed E-state index contributed by atoms with van der Waals surface area (Å²) in [4.78, 5) is 29.5. The molecule has 1 amide bonds. The Hall–Kier alpha value is -1.73. The number of aromatic nitrogens is 1. The Labute approximate surface area is 137 Å². The van der Waals surface area contributed by atoms with E-state index in [0.717, 1.165) is 20.5 Å². The summed E-state index contributed by atoms with van der Waals surface area (Å²) in [6.45, 7) is 4.33. The molecule has 2 N–H and O–H groups in total. The van der Waals surface area contributed by atoms with Crippen LogP contribution in [0.5, 0.6) is 0 Å². The number of hydrogen-bond donors (Lipinski definition) is 2. The summed E-state index contributed by atoms with van der Waals surface area (Å²) in [7, 11) is 0. The normalized spacial score (nSPS) is 12.1. The molecule has 0 saturated carbocycles. The Bertz CT molecular complexity index is 630. The molecule has 5 nitrogen and oxygen atoms in total. The zero-order chi connectivity index (χ0) is 16.1. The number of aliphatic carboxylic acids is 1. The van der Waals surface area contributed by atoms with Gasteiger partial charge < -0.3 is 10.4 Å². The maximum Gasteiger partial charge on any atom is 0.304 e. The highest BCUT2D eigenvalue weighted by Crippen LogP contribution is 2.27. The van der Waals surface area contributed by atoms with Crippen LogP contribution in [0, 0.1) is 13.8 Å². The van der Waals surface area contributed by atoms with Gasteiger partial charge >= 0.3 is 5.97 Å². The third-order valence-corrected chi connectivity index (χ3v) is 5.42. The zero-order valence-corrected chi connectivity index (χ0v) is 14.1. The largest absolute Gasteiger partial charge is 0.481 e. The first-order valence-corrected chi connectivity index (χ1v) is 8.60. The minimum absolute atomic E-state index is 0.0383. The molecule has 2 heterocycles. The van der Waals surface area contributed by atoms with Crippen LogP contribution in [0.4, 0.5) is 0 Å². The topological polar surface area (TPSA) is 79.3 Å². The van der Waals surface area contributed by atoms with Crippen molar-refractivity contribution in [2.24, 2.45) is 0 Å². The molecule has 1 unspecified atom stereocenters. The molecule has 0 bridgehead atoms. The number of hydrogen-bond acceptors (Lipinski definition) is 5. The minimum Gasteiger partial charge on any atom is -0.481 e. The first-order chi connectivity index (χ1) is 10.5. The van der Waals surface area contributed by atoms with Crippen molar-refractivity contribution in [2.45, 2.75) is 39.2 Å². The first kappa shape index (κ1) is 16.6. The van der Waals surface area contributed by atoms with Crippen LogP contribution in [0.2, 0.25) is 0 Å². The molecule has 0 radical (unpaired) electrons. The summed E-state index contributed by atoms with van der Waals surface area (Å²) in [6.07, 6.45) is 0.138. The van der Waals surface area contributed by atoms with E-state index in [4.69, 9.17) is 5.11 Å². The van der Waals surface area contributed by atoms with Crippen LogP contribution >= 0.6 is 22.7 Å². The van der Waals surface area contributed by atoms with Crippen LogP contribution in [0.3, 0.4) is 0 Å². The molecule has 0 aliphatic rings. The van der Waals surface area contributed by atoms with Crippen LogP contribution in [-0.4, -0.2) is 22.0 Å². The number of rotatable bonds is 7. The average Bonchev–Trinajstić information content (AvgIpc) is 3.06. The molecule has 7 heteroatoms. The number of aryl methyl sites for hydroxylation is 2. The van der Waals surface area contributed by atoms with E-state index in [2.05, 4.69) is 10.3 Å². The Morgan fingerprint density at radius 2 is 2.14 bits per heavy atom. The molecule has 0 aliphatic heterocycles. The highest BCUT2D eigenvalue weighted by molar-refractivity contribution is 7.11.